The van der Waals surface area contributed by atoms with Gasteiger partial charge in [-0.25, -0.2) is 12.8 Å². The van der Waals surface area contributed by atoms with E-state index in [0.29, 0.717) is 12.4 Å². The Kier molecular flexibility index (Phi) is 8.43. The minimum Gasteiger partial charge on any atom is -0.494 e. The van der Waals surface area contributed by atoms with Crippen molar-refractivity contribution in [3.8, 4) is 5.75 Å². The standard InChI is InChI=1S/C30H29FN2O4S/c1-3-37-27-16-18-28(19-17-27)38(35,36)33(26-14-12-25(31)13-15-26)21-29(34)32-30(23-9-5-4-6-10-23)24-11-7-8-22(2)20-24/h4-20,30H,3,21H2,1-2H3,(H,32,34). The second-order valence-corrected chi connectivity index (χ2v) is 10.6. The first-order valence-electron chi connectivity index (χ1n) is 12.2. The summed E-state index contributed by atoms with van der Waals surface area (Å²) in [5.41, 5.74) is 2.92. The fourth-order valence-electron chi connectivity index (χ4n) is 4.12. The van der Waals surface area contributed by atoms with E-state index in [1.54, 1.807) is 12.1 Å². The van der Waals surface area contributed by atoms with Crippen LogP contribution in [-0.2, 0) is 14.8 Å². The molecule has 0 aliphatic heterocycles. The van der Waals surface area contributed by atoms with Crippen LogP contribution in [0.25, 0.3) is 0 Å². The van der Waals surface area contributed by atoms with E-state index in [4.69, 9.17) is 4.74 Å². The molecule has 4 rings (SSSR count). The number of halogens is 1. The Labute approximate surface area is 222 Å². The van der Waals surface area contributed by atoms with Gasteiger partial charge in [-0.2, -0.15) is 0 Å². The first-order chi connectivity index (χ1) is 18.3. The van der Waals surface area contributed by atoms with Crippen molar-refractivity contribution in [3.05, 3.63) is 126 Å². The molecule has 38 heavy (non-hydrogen) atoms. The number of carbonyl (C=O) groups excluding carboxylic acids is 1. The van der Waals surface area contributed by atoms with Crippen molar-refractivity contribution >= 4 is 21.6 Å². The maximum atomic E-state index is 13.7. The number of hydrogen-bond donors (Lipinski definition) is 1. The average Bonchev–Trinajstić information content (AvgIpc) is 2.92. The number of sulfonamides is 1. The van der Waals surface area contributed by atoms with Gasteiger partial charge >= 0.3 is 0 Å². The highest BCUT2D eigenvalue weighted by Gasteiger charge is 2.28. The van der Waals surface area contributed by atoms with Gasteiger partial charge in [-0.1, -0.05) is 60.2 Å². The van der Waals surface area contributed by atoms with Gasteiger partial charge in [-0.05, 0) is 73.5 Å². The van der Waals surface area contributed by atoms with E-state index >= 15 is 0 Å². The molecule has 1 amide bonds. The SMILES string of the molecule is CCOc1ccc(S(=O)(=O)N(CC(=O)NC(c2ccccc2)c2cccc(C)c2)c2ccc(F)cc2)cc1. The van der Waals surface area contributed by atoms with Crippen LogP contribution in [0.3, 0.4) is 0 Å². The van der Waals surface area contributed by atoms with Gasteiger partial charge in [0.1, 0.15) is 18.1 Å². The second kappa shape index (κ2) is 11.9. The summed E-state index contributed by atoms with van der Waals surface area (Å²) < 4.78 is 47.5. The van der Waals surface area contributed by atoms with E-state index in [0.717, 1.165) is 33.1 Å². The van der Waals surface area contributed by atoms with E-state index in [1.165, 1.54) is 24.3 Å². The van der Waals surface area contributed by atoms with Crippen LogP contribution in [0.15, 0.2) is 108 Å². The molecule has 0 fully saturated rings. The zero-order valence-corrected chi connectivity index (χ0v) is 22.0. The Balaban J connectivity index is 1.67. The summed E-state index contributed by atoms with van der Waals surface area (Å²) in [4.78, 5) is 13.4. The number of benzene rings is 4. The number of ether oxygens (including phenoxy) is 1. The molecule has 1 atom stereocenters. The fourth-order valence-corrected chi connectivity index (χ4v) is 5.54. The zero-order valence-electron chi connectivity index (χ0n) is 21.2. The van der Waals surface area contributed by atoms with E-state index < -0.39 is 34.3 Å². The molecule has 4 aromatic rings. The highest BCUT2D eigenvalue weighted by molar-refractivity contribution is 7.92. The van der Waals surface area contributed by atoms with Crippen molar-refractivity contribution in [2.45, 2.75) is 24.8 Å². The molecule has 8 heteroatoms. The van der Waals surface area contributed by atoms with Gasteiger partial charge in [0, 0.05) is 0 Å². The molecule has 1 unspecified atom stereocenters. The molecule has 4 aromatic carbocycles. The lowest BCUT2D eigenvalue weighted by atomic mass is 9.97. The Morgan fingerprint density at radius 1 is 0.895 bits per heavy atom. The number of nitrogens with zero attached hydrogens (tertiary/aromatic N) is 1. The Morgan fingerprint density at radius 3 is 2.18 bits per heavy atom. The normalized spacial score (nSPS) is 12.0. The molecular weight excluding hydrogens is 503 g/mol. The van der Waals surface area contributed by atoms with Gasteiger partial charge in [-0.15, -0.1) is 0 Å². The Morgan fingerprint density at radius 2 is 1.55 bits per heavy atom. The van der Waals surface area contributed by atoms with Crippen LogP contribution in [0.4, 0.5) is 10.1 Å². The lowest BCUT2D eigenvalue weighted by Crippen LogP contribution is -2.42. The maximum absolute atomic E-state index is 13.7. The molecular formula is C30H29FN2O4S. The van der Waals surface area contributed by atoms with Gasteiger partial charge in [0.05, 0.1) is 23.2 Å². The third kappa shape index (κ3) is 6.39. The summed E-state index contributed by atoms with van der Waals surface area (Å²) in [5.74, 6) is -0.499. The van der Waals surface area contributed by atoms with E-state index in [1.807, 2.05) is 68.4 Å². The van der Waals surface area contributed by atoms with Crippen molar-refractivity contribution in [2.75, 3.05) is 17.5 Å². The Bertz CT molecular complexity index is 1480. The first-order valence-corrected chi connectivity index (χ1v) is 13.6. The van der Waals surface area contributed by atoms with Crippen molar-refractivity contribution < 1.29 is 22.3 Å². The molecule has 196 valence electrons. The monoisotopic (exact) mass is 532 g/mol. The van der Waals surface area contributed by atoms with Crippen molar-refractivity contribution in [1.82, 2.24) is 5.32 Å². The molecule has 1 N–H and O–H groups in total. The molecule has 0 bridgehead atoms. The van der Waals surface area contributed by atoms with E-state index in [9.17, 15) is 17.6 Å². The number of carbonyl (C=O) groups is 1. The van der Waals surface area contributed by atoms with Crippen LogP contribution < -0.4 is 14.4 Å². The molecule has 0 heterocycles. The fraction of sp³-hybridized carbons (Fsp3) is 0.167. The van der Waals surface area contributed by atoms with E-state index in [2.05, 4.69) is 5.32 Å². The lowest BCUT2D eigenvalue weighted by molar-refractivity contribution is -0.120. The summed E-state index contributed by atoms with van der Waals surface area (Å²) in [6.07, 6.45) is 0. The van der Waals surface area contributed by atoms with Gasteiger partial charge in [0.2, 0.25) is 5.91 Å². The minimum atomic E-state index is -4.17. The quantitative estimate of drug-likeness (QED) is 0.287. The predicted octanol–water partition coefficient (Wildman–Crippen LogP) is 5.63. The molecule has 0 spiro atoms. The molecule has 0 saturated heterocycles. The van der Waals surface area contributed by atoms with Crippen LogP contribution in [0.5, 0.6) is 5.75 Å². The van der Waals surface area contributed by atoms with Crippen molar-refractivity contribution in [1.29, 1.82) is 0 Å². The minimum absolute atomic E-state index is 0.0172. The summed E-state index contributed by atoms with van der Waals surface area (Å²) in [5, 5.41) is 3.00. The molecule has 0 saturated carbocycles. The molecule has 0 radical (unpaired) electrons. The maximum Gasteiger partial charge on any atom is 0.264 e. The number of amides is 1. The summed E-state index contributed by atoms with van der Waals surface area (Å²) in [6.45, 7) is 3.74. The zero-order chi connectivity index (χ0) is 27.1. The average molecular weight is 533 g/mol. The second-order valence-electron chi connectivity index (χ2n) is 8.72. The van der Waals surface area contributed by atoms with Gasteiger partial charge in [0.25, 0.3) is 10.0 Å². The molecule has 6 nitrogen and oxygen atoms in total. The van der Waals surface area contributed by atoms with Crippen LogP contribution in [0.1, 0.15) is 29.7 Å². The van der Waals surface area contributed by atoms with E-state index in [-0.39, 0.29) is 10.6 Å². The van der Waals surface area contributed by atoms with Gasteiger partial charge < -0.3 is 10.1 Å². The molecule has 0 aliphatic rings. The van der Waals surface area contributed by atoms with Crippen LogP contribution in [0.2, 0.25) is 0 Å². The Hall–Kier alpha value is -4.17. The van der Waals surface area contributed by atoms with Crippen molar-refractivity contribution in [3.63, 3.8) is 0 Å². The summed E-state index contributed by atoms with van der Waals surface area (Å²) in [6, 6.07) is 27.7. The first kappa shape index (κ1) is 26.9. The highest BCUT2D eigenvalue weighted by atomic mass is 32.2. The third-order valence-corrected chi connectivity index (χ3v) is 7.73. The summed E-state index contributed by atoms with van der Waals surface area (Å²) in [7, 11) is -4.17. The molecule has 0 aromatic heterocycles. The predicted molar refractivity (Wildman–Crippen MR) is 146 cm³/mol. The van der Waals surface area contributed by atoms with Crippen molar-refractivity contribution in [2.24, 2.45) is 0 Å². The van der Waals surface area contributed by atoms with Crippen LogP contribution in [0, 0.1) is 12.7 Å². The largest absolute Gasteiger partial charge is 0.494 e. The number of aryl methyl sites for hydroxylation is 1. The number of hydrogen-bond acceptors (Lipinski definition) is 4. The van der Waals surface area contributed by atoms with Crippen LogP contribution >= 0.6 is 0 Å². The lowest BCUT2D eigenvalue weighted by Gasteiger charge is -2.26. The highest BCUT2D eigenvalue weighted by Crippen LogP contribution is 2.27. The summed E-state index contributed by atoms with van der Waals surface area (Å²) >= 11 is 0. The third-order valence-electron chi connectivity index (χ3n) is 5.94. The van der Waals surface area contributed by atoms with Crippen LogP contribution in [-0.4, -0.2) is 27.5 Å². The smallest absolute Gasteiger partial charge is 0.264 e. The topological polar surface area (TPSA) is 75.7 Å². The number of anilines is 1. The molecule has 0 aliphatic carbocycles. The van der Waals surface area contributed by atoms with Gasteiger partial charge in [0.15, 0.2) is 0 Å². The number of rotatable bonds is 10. The van der Waals surface area contributed by atoms with Gasteiger partial charge in [-0.3, -0.25) is 9.10 Å². The number of nitrogens with one attached hydrogen (secondary N) is 1.